The average Bonchev–Trinajstić information content (AvgIpc) is 2.63. The first-order chi connectivity index (χ1) is 7.15. The zero-order valence-electron chi connectivity index (χ0n) is 9.01. The summed E-state index contributed by atoms with van der Waals surface area (Å²) in [6.45, 7) is 6.32. The van der Waals surface area contributed by atoms with Gasteiger partial charge in [-0.05, 0) is 32.4 Å². The van der Waals surface area contributed by atoms with Gasteiger partial charge in [0.15, 0.2) is 0 Å². The second-order valence-electron chi connectivity index (χ2n) is 4.04. The lowest BCUT2D eigenvalue weighted by molar-refractivity contribution is 1.35. The fourth-order valence-electron chi connectivity index (χ4n) is 2.13. The van der Waals surface area contributed by atoms with E-state index in [9.17, 15) is 0 Å². The number of aromatic amines is 1. The predicted molar refractivity (Wildman–Crippen MR) is 65.7 cm³/mol. The van der Waals surface area contributed by atoms with Crippen molar-refractivity contribution in [1.82, 2.24) is 9.97 Å². The van der Waals surface area contributed by atoms with Crippen molar-refractivity contribution in [2.45, 2.75) is 20.8 Å². The minimum absolute atomic E-state index is 1.12. The monoisotopic (exact) mass is 216 g/mol. The lowest BCUT2D eigenvalue weighted by Gasteiger charge is -1.98. The summed E-state index contributed by atoms with van der Waals surface area (Å²) in [6.07, 6.45) is 0. The van der Waals surface area contributed by atoms with Crippen LogP contribution in [-0.4, -0.2) is 9.97 Å². The molecule has 0 bridgehead atoms. The number of benzene rings is 1. The van der Waals surface area contributed by atoms with Gasteiger partial charge >= 0.3 is 0 Å². The molecule has 2 heterocycles. The number of hydrogen-bond acceptors (Lipinski definition) is 2. The molecule has 0 radical (unpaired) electrons. The number of fused-ring (bicyclic) bond motifs is 3. The summed E-state index contributed by atoms with van der Waals surface area (Å²) in [4.78, 5) is 9.21. The standard InChI is InChI=1S/C12H12N2S/c1-6-4-7(2)10-9(5-6)11-12(14-10)15-8(3)13-11/h4-5,14H,1-3H3. The van der Waals surface area contributed by atoms with E-state index in [0.717, 1.165) is 10.5 Å². The van der Waals surface area contributed by atoms with Crippen molar-refractivity contribution in [3.63, 3.8) is 0 Å². The largest absolute Gasteiger partial charge is 0.345 e. The van der Waals surface area contributed by atoms with Crippen molar-refractivity contribution in [2.75, 3.05) is 0 Å². The Hall–Kier alpha value is -1.35. The Morgan fingerprint density at radius 1 is 1.20 bits per heavy atom. The highest BCUT2D eigenvalue weighted by molar-refractivity contribution is 7.18. The highest BCUT2D eigenvalue weighted by Crippen LogP contribution is 2.31. The van der Waals surface area contributed by atoms with Gasteiger partial charge in [-0.2, -0.15) is 0 Å². The van der Waals surface area contributed by atoms with Crippen LogP contribution in [0.3, 0.4) is 0 Å². The Kier molecular flexibility index (Phi) is 1.68. The Morgan fingerprint density at radius 2 is 2.00 bits per heavy atom. The highest BCUT2D eigenvalue weighted by atomic mass is 32.1. The molecule has 0 atom stereocenters. The summed E-state index contributed by atoms with van der Waals surface area (Å²) < 4.78 is 0. The second kappa shape index (κ2) is 2.83. The van der Waals surface area contributed by atoms with E-state index in [-0.39, 0.29) is 0 Å². The van der Waals surface area contributed by atoms with Gasteiger partial charge in [0, 0.05) is 5.39 Å². The molecule has 0 unspecified atom stereocenters. The quantitative estimate of drug-likeness (QED) is 0.610. The minimum atomic E-state index is 1.12. The highest BCUT2D eigenvalue weighted by Gasteiger charge is 2.10. The van der Waals surface area contributed by atoms with Gasteiger partial charge in [-0.15, -0.1) is 11.3 Å². The average molecular weight is 216 g/mol. The fraction of sp³-hybridized carbons (Fsp3) is 0.250. The molecule has 3 rings (SSSR count). The van der Waals surface area contributed by atoms with Gasteiger partial charge in [-0.25, -0.2) is 4.98 Å². The van der Waals surface area contributed by atoms with Crippen LogP contribution in [0.25, 0.3) is 21.3 Å². The molecular weight excluding hydrogens is 204 g/mol. The van der Waals surface area contributed by atoms with E-state index in [1.165, 1.54) is 26.9 Å². The first-order valence-corrected chi connectivity index (χ1v) is 5.83. The Balaban J connectivity index is 2.57. The number of hydrogen-bond donors (Lipinski definition) is 1. The number of H-pyrrole nitrogens is 1. The lowest BCUT2D eigenvalue weighted by atomic mass is 10.1. The molecule has 0 aliphatic rings. The third kappa shape index (κ3) is 1.20. The topological polar surface area (TPSA) is 28.7 Å². The maximum absolute atomic E-state index is 4.57. The number of rotatable bonds is 0. The van der Waals surface area contributed by atoms with Crippen LogP contribution in [0.15, 0.2) is 12.1 Å². The van der Waals surface area contributed by atoms with Crippen LogP contribution < -0.4 is 0 Å². The zero-order chi connectivity index (χ0) is 10.6. The molecule has 1 aromatic carbocycles. The van der Waals surface area contributed by atoms with Crippen LogP contribution >= 0.6 is 11.3 Å². The minimum Gasteiger partial charge on any atom is -0.345 e. The molecule has 0 saturated heterocycles. The third-order valence-corrected chi connectivity index (χ3v) is 3.59. The van der Waals surface area contributed by atoms with Gasteiger partial charge in [0.05, 0.1) is 10.5 Å². The van der Waals surface area contributed by atoms with Crippen LogP contribution in [0.2, 0.25) is 0 Å². The smallest absolute Gasteiger partial charge is 0.121 e. The summed E-state index contributed by atoms with van der Waals surface area (Å²) in [7, 11) is 0. The summed E-state index contributed by atoms with van der Waals surface area (Å²) in [6, 6.07) is 4.41. The van der Waals surface area contributed by atoms with Gasteiger partial charge in [-0.3, -0.25) is 0 Å². The maximum Gasteiger partial charge on any atom is 0.121 e. The SMILES string of the molecule is Cc1cc(C)c2[nH]c3sc(C)nc3c2c1. The van der Waals surface area contributed by atoms with Crippen LogP contribution in [0.4, 0.5) is 0 Å². The number of nitrogens with one attached hydrogen (secondary N) is 1. The first kappa shape index (κ1) is 8.92. The van der Waals surface area contributed by atoms with Gasteiger partial charge in [0.25, 0.3) is 0 Å². The van der Waals surface area contributed by atoms with E-state index in [4.69, 9.17) is 0 Å². The van der Waals surface area contributed by atoms with Crippen LogP contribution in [0.5, 0.6) is 0 Å². The molecule has 76 valence electrons. The normalized spacial score (nSPS) is 11.7. The molecule has 15 heavy (non-hydrogen) atoms. The summed E-state index contributed by atoms with van der Waals surface area (Å²) in [5.41, 5.74) is 4.95. The molecule has 1 N–H and O–H groups in total. The van der Waals surface area contributed by atoms with Gasteiger partial charge < -0.3 is 4.98 Å². The summed E-state index contributed by atoms with van der Waals surface area (Å²) >= 11 is 1.73. The molecule has 2 aromatic heterocycles. The molecule has 3 aromatic rings. The van der Waals surface area contributed by atoms with Crippen LogP contribution in [0, 0.1) is 20.8 Å². The fourth-order valence-corrected chi connectivity index (χ4v) is 2.97. The summed E-state index contributed by atoms with van der Waals surface area (Å²) in [5.74, 6) is 0. The van der Waals surface area contributed by atoms with Crippen molar-refractivity contribution in [3.05, 3.63) is 28.3 Å². The van der Waals surface area contributed by atoms with Crippen LogP contribution in [0.1, 0.15) is 16.1 Å². The van der Waals surface area contributed by atoms with E-state index >= 15 is 0 Å². The van der Waals surface area contributed by atoms with Crippen molar-refractivity contribution in [3.8, 4) is 0 Å². The predicted octanol–water partition coefficient (Wildman–Crippen LogP) is 3.70. The Bertz CT molecular complexity index is 661. The number of nitrogens with zero attached hydrogens (tertiary/aromatic N) is 1. The lowest BCUT2D eigenvalue weighted by Crippen LogP contribution is -1.79. The van der Waals surface area contributed by atoms with Crippen molar-refractivity contribution >= 4 is 32.6 Å². The molecule has 0 spiro atoms. The summed E-state index contributed by atoms with van der Waals surface area (Å²) in [5, 5.41) is 2.38. The molecule has 0 aliphatic carbocycles. The molecule has 0 saturated carbocycles. The van der Waals surface area contributed by atoms with E-state index in [1.54, 1.807) is 11.3 Å². The number of thiazole rings is 1. The van der Waals surface area contributed by atoms with E-state index in [1.807, 2.05) is 6.92 Å². The first-order valence-electron chi connectivity index (χ1n) is 5.01. The molecule has 0 fully saturated rings. The van der Waals surface area contributed by atoms with E-state index in [0.29, 0.717) is 0 Å². The van der Waals surface area contributed by atoms with Crippen LogP contribution in [-0.2, 0) is 0 Å². The zero-order valence-corrected chi connectivity index (χ0v) is 9.83. The van der Waals surface area contributed by atoms with Gasteiger partial charge in [0.2, 0.25) is 0 Å². The molecule has 0 aliphatic heterocycles. The van der Waals surface area contributed by atoms with Crippen molar-refractivity contribution in [2.24, 2.45) is 0 Å². The Morgan fingerprint density at radius 3 is 2.80 bits per heavy atom. The molecular formula is C12H12N2S. The Labute approximate surface area is 92.0 Å². The number of aryl methyl sites for hydroxylation is 3. The van der Waals surface area contributed by atoms with Gasteiger partial charge in [0.1, 0.15) is 10.3 Å². The maximum atomic E-state index is 4.57. The van der Waals surface area contributed by atoms with Crippen molar-refractivity contribution < 1.29 is 0 Å². The third-order valence-electron chi connectivity index (χ3n) is 2.71. The van der Waals surface area contributed by atoms with Gasteiger partial charge in [-0.1, -0.05) is 11.6 Å². The van der Waals surface area contributed by atoms with E-state index < -0.39 is 0 Å². The molecule has 3 heteroatoms. The second-order valence-corrected chi connectivity index (χ2v) is 5.24. The van der Waals surface area contributed by atoms with E-state index in [2.05, 4.69) is 35.9 Å². The molecule has 2 nitrogen and oxygen atoms in total. The number of aromatic nitrogens is 2. The van der Waals surface area contributed by atoms with Crippen molar-refractivity contribution in [1.29, 1.82) is 0 Å². The molecule has 0 amide bonds.